The van der Waals surface area contributed by atoms with Gasteiger partial charge >= 0.3 is 0 Å². The maximum atomic E-state index is 11.7. The van der Waals surface area contributed by atoms with Gasteiger partial charge in [-0.2, -0.15) is 0 Å². The third-order valence-electron chi connectivity index (χ3n) is 2.96. The molecule has 6 heteroatoms. The third-order valence-corrected chi connectivity index (χ3v) is 2.96. The predicted molar refractivity (Wildman–Crippen MR) is 76.3 cm³/mol. The van der Waals surface area contributed by atoms with Crippen molar-refractivity contribution < 1.29 is 4.79 Å². The Labute approximate surface area is 117 Å². The number of hydrogen-bond acceptors (Lipinski definition) is 3. The molecule has 0 aromatic heterocycles. The van der Waals surface area contributed by atoms with Crippen LogP contribution in [0.2, 0.25) is 0 Å². The van der Waals surface area contributed by atoms with Crippen LogP contribution in [0.25, 0.3) is 0 Å². The van der Waals surface area contributed by atoms with Crippen LogP contribution in [0.4, 0.5) is 0 Å². The Morgan fingerprint density at radius 3 is 2.65 bits per heavy atom. The van der Waals surface area contributed by atoms with E-state index >= 15 is 0 Å². The van der Waals surface area contributed by atoms with Gasteiger partial charge < -0.3 is 15.5 Å². The van der Waals surface area contributed by atoms with Crippen molar-refractivity contribution in [3.8, 4) is 0 Å². The van der Waals surface area contributed by atoms with Crippen LogP contribution in [0, 0.1) is 0 Å². The number of nitrogens with zero attached hydrogens (tertiary/aromatic N) is 1. The van der Waals surface area contributed by atoms with Crippen LogP contribution in [0.5, 0.6) is 0 Å². The first kappa shape index (κ1) is 19.3. The smallest absolute Gasteiger partial charge is 0.237 e. The number of amides is 1. The fourth-order valence-electron chi connectivity index (χ4n) is 1.73. The number of piperidine rings is 1. The second-order valence-electron chi connectivity index (χ2n) is 4.19. The molecule has 0 radical (unpaired) electrons. The molecule has 4 nitrogen and oxygen atoms in total. The first-order chi connectivity index (χ1) is 7.24. The maximum Gasteiger partial charge on any atom is 0.237 e. The highest BCUT2D eigenvalue weighted by Crippen LogP contribution is 2.06. The summed E-state index contributed by atoms with van der Waals surface area (Å²) in [5.41, 5.74) is 0. The van der Waals surface area contributed by atoms with Crippen LogP contribution in [0.15, 0.2) is 0 Å². The first-order valence-corrected chi connectivity index (χ1v) is 5.93. The average Bonchev–Trinajstić information content (AvgIpc) is 2.29. The van der Waals surface area contributed by atoms with Crippen molar-refractivity contribution in [2.45, 2.75) is 32.2 Å². The molecule has 0 spiro atoms. The largest absolute Gasteiger partial charge is 0.353 e. The van der Waals surface area contributed by atoms with E-state index in [1.54, 1.807) is 0 Å². The molecule has 1 amide bonds. The zero-order chi connectivity index (χ0) is 11.1. The van der Waals surface area contributed by atoms with Crippen molar-refractivity contribution in [2.24, 2.45) is 0 Å². The summed E-state index contributed by atoms with van der Waals surface area (Å²) < 4.78 is 0. The number of carbonyl (C=O) groups excluding carboxylic acids is 1. The zero-order valence-corrected chi connectivity index (χ0v) is 12.3. The second kappa shape index (κ2) is 11.1. The summed E-state index contributed by atoms with van der Waals surface area (Å²) in [4.78, 5) is 13.9. The molecule has 1 rings (SSSR count). The van der Waals surface area contributed by atoms with Gasteiger partial charge in [-0.15, -0.1) is 24.8 Å². The van der Waals surface area contributed by atoms with Gasteiger partial charge in [0.25, 0.3) is 0 Å². The Kier molecular flexibility index (Phi) is 12.6. The summed E-state index contributed by atoms with van der Waals surface area (Å²) in [5.74, 6) is 0.166. The standard InChI is InChI=1S/C11H23N3O.2ClH/c1-3-14(2)9-8-13-11(15)10-6-4-5-7-12-10;;/h10,12H,3-9H2,1-2H3,(H,13,15);2*1H. The van der Waals surface area contributed by atoms with Crippen LogP contribution in [-0.4, -0.2) is 50.1 Å². The van der Waals surface area contributed by atoms with E-state index < -0.39 is 0 Å². The number of nitrogens with one attached hydrogen (secondary N) is 2. The van der Waals surface area contributed by atoms with Gasteiger partial charge in [-0.05, 0) is 33.0 Å². The molecule has 0 aromatic rings. The molecule has 0 aliphatic carbocycles. The topological polar surface area (TPSA) is 44.4 Å². The fraction of sp³-hybridized carbons (Fsp3) is 0.909. The van der Waals surface area contributed by atoms with Gasteiger partial charge in [-0.3, -0.25) is 4.79 Å². The van der Waals surface area contributed by atoms with Gasteiger partial charge in [-0.25, -0.2) is 0 Å². The van der Waals surface area contributed by atoms with Crippen molar-refractivity contribution in [3.63, 3.8) is 0 Å². The van der Waals surface area contributed by atoms with E-state index in [1.165, 1.54) is 12.8 Å². The highest BCUT2D eigenvalue weighted by atomic mass is 35.5. The van der Waals surface area contributed by atoms with Gasteiger partial charge in [0.1, 0.15) is 0 Å². The molecule has 17 heavy (non-hydrogen) atoms. The molecule has 1 aliphatic rings. The lowest BCUT2D eigenvalue weighted by Gasteiger charge is -2.23. The summed E-state index contributed by atoms with van der Waals surface area (Å²) in [6.07, 6.45) is 3.34. The average molecular weight is 286 g/mol. The molecular weight excluding hydrogens is 261 g/mol. The molecule has 104 valence electrons. The minimum atomic E-state index is 0. The van der Waals surface area contributed by atoms with Gasteiger partial charge in [-0.1, -0.05) is 13.3 Å². The normalized spacial score (nSPS) is 19.1. The summed E-state index contributed by atoms with van der Waals surface area (Å²) in [7, 11) is 2.06. The molecule has 1 fully saturated rings. The van der Waals surface area contributed by atoms with Crippen LogP contribution >= 0.6 is 24.8 Å². The van der Waals surface area contributed by atoms with Crippen LogP contribution in [0.3, 0.4) is 0 Å². The van der Waals surface area contributed by atoms with E-state index in [2.05, 4.69) is 29.5 Å². The zero-order valence-electron chi connectivity index (χ0n) is 10.7. The SMILES string of the molecule is CCN(C)CCNC(=O)C1CCCCN1.Cl.Cl. The molecule has 2 N–H and O–H groups in total. The van der Waals surface area contributed by atoms with Crippen molar-refractivity contribution in [3.05, 3.63) is 0 Å². The van der Waals surface area contributed by atoms with E-state index in [0.717, 1.165) is 32.6 Å². The van der Waals surface area contributed by atoms with Gasteiger partial charge in [0, 0.05) is 13.1 Å². The van der Waals surface area contributed by atoms with E-state index in [4.69, 9.17) is 0 Å². The fourth-order valence-corrected chi connectivity index (χ4v) is 1.73. The number of hydrogen-bond donors (Lipinski definition) is 2. The van der Waals surface area contributed by atoms with Crippen molar-refractivity contribution in [1.29, 1.82) is 0 Å². The maximum absolute atomic E-state index is 11.7. The van der Waals surface area contributed by atoms with Crippen LogP contribution in [0.1, 0.15) is 26.2 Å². The van der Waals surface area contributed by atoms with Crippen molar-refractivity contribution in [2.75, 3.05) is 33.2 Å². The highest BCUT2D eigenvalue weighted by Gasteiger charge is 2.19. The van der Waals surface area contributed by atoms with Gasteiger partial charge in [0.05, 0.1) is 6.04 Å². The Morgan fingerprint density at radius 2 is 2.12 bits per heavy atom. The monoisotopic (exact) mass is 285 g/mol. The van der Waals surface area contributed by atoms with E-state index in [-0.39, 0.29) is 36.8 Å². The van der Waals surface area contributed by atoms with E-state index in [1.807, 2.05) is 0 Å². The number of rotatable bonds is 5. The molecule has 1 atom stereocenters. The lowest BCUT2D eigenvalue weighted by molar-refractivity contribution is -0.123. The van der Waals surface area contributed by atoms with Crippen molar-refractivity contribution in [1.82, 2.24) is 15.5 Å². The number of halogens is 2. The summed E-state index contributed by atoms with van der Waals surface area (Å²) in [6.45, 7) is 5.80. The lowest BCUT2D eigenvalue weighted by atomic mass is 10.0. The lowest BCUT2D eigenvalue weighted by Crippen LogP contribution is -2.47. The third kappa shape index (κ3) is 7.82. The molecular formula is C11H25Cl2N3O. The second-order valence-corrected chi connectivity index (χ2v) is 4.19. The Bertz CT molecular complexity index is 199. The number of likely N-dealkylation sites (N-methyl/N-ethyl adjacent to an activating group) is 1. The Hall–Kier alpha value is -0.0300. The minimum absolute atomic E-state index is 0. The molecule has 0 aromatic carbocycles. The number of carbonyl (C=O) groups is 1. The van der Waals surface area contributed by atoms with Gasteiger partial charge in [0.15, 0.2) is 0 Å². The first-order valence-electron chi connectivity index (χ1n) is 5.93. The molecule has 0 bridgehead atoms. The summed E-state index contributed by atoms with van der Waals surface area (Å²) >= 11 is 0. The molecule has 1 aliphatic heterocycles. The molecule has 0 saturated carbocycles. The summed E-state index contributed by atoms with van der Waals surface area (Å²) in [6, 6.07) is 0.0469. The highest BCUT2D eigenvalue weighted by molar-refractivity contribution is 5.85. The van der Waals surface area contributed by atoms with Crippen LogP contribution < -0.4 is 10.6 Å². The van der Waals surface area contributed by atoms with E-state index in [0.29, 0.717) is 0 Å². The molecule has 1 saturated heterocycles. The summed E-state index contributed by atoms with van der Waals surface area (Å²) in [5, 5.41) is 6.22. The molecule has 1 unspecified atom stereocenters. The predicted octanol–water partition coefficient (Wildman–Crippen LogP) is 1.04. The molecule has 1 heterocycles. The van der Waals surface area contributed by atoms with Crippen LogP contribution in [-0.2, 0) is 4.79 Å². The minimum Gasteiger partial charge on any atom is -0.353 e. The quantitative estimate of drug-likeness (QED) is 0.794. The van der Waals surface area contributed by atoms with E-state index in [9.17, 15) is 4.79 Å². The van der Waals surface area contributed by atoms with Gasteiger partial charge in [0.2, 0.25) is 5.91 Å². The van der Waals surface area contributed by atoms with Crippen molar-refractivity contribution >= 4 is 30.7 Å². The Balaban J connectivity index is 0. The Morgan fingerprint density at radius 1 is 1.41 bits per heavy atom.